The topological polar surface area (TPSA) is 48.5 Å². The van der Waals surface area contributed by atoms with Crippen LogP contribution in [0.1, 0.15) is 26.7 Å². The summed E-state index contributed by atoms with van der Waals surface area (Å²) in [7, 11) is 0. The Morgan fingerprint density at radius 1 is 1.41 bits per heavy atom. The van der Waals surface area contributed by atoms with Gasteiger partial charge in [-0.15, -0.1) is 0 Å². The molecule has 1 aliphatic heterocycles. The molecule has 0 spiro atoms. The molecule has 5 heteroatoms. The maximum absolute atomic E-state index is 5.44. The van der Waals surface area contributed by atoms with E-state index in [2.05, 4.69) is 71.2 Å². The van der Waals surface area contributed by atoms with Gasteiger partial charge in [-0.1, -0.05) is 44.2 Å². The van der Waals surface area contributed by atoms with E-state index in [4.69, 9.17) is 12.2 Å². The quantitative estimate of drug-likeness (QED) is 0.701. The predicted molar refractivity (Wildman–Crippen MR) is 95.5 cm³/mol. The monoisotopic (exact) mass is 314 g/mol. The zero-order valence-corrected chi connectivity index (χ0v) is 13.8. The van der Waals surface area contributed by atoms with Crippen LogP contribution in [0.5, 0.6) is 0 Å². The molecule has 0 radical (unpaired) electrons. The van der Waals surface area contributed by atoms with Crippen LogP contribution in [0, 0.1) is 5.92 Å². The molecule has 0 saturated carbocycles. The molecule has 0 bridgehead atoms. The highest BCUT2D eigenvalue weighted by Crippen LogP contribution is 2.22. The van der Waals surface area contributed by atoms with E-state index >= 15 is 0 Å². The lowest BCUT2D eigenvalue weighted by molar-refractivity contribution is 0.572. The van der Waals surface area contributed by atoms with Gasteiger partial charge in [0.25, 0.3) is 0 Å². The Morgan fingerprint density at radius 2 is 2.23 bits per heavy atom. The number of nitrogens with zero attached hydrogens (tertiary/aromatic N) is 1. The lowest BCUT2D eigenvalue weighted by Gasteiger charge is -2.24. The zero-order chi connectivity index (χ0) is 15.5. The number of hydrogen-bond donors (Lipinski definition) is 3. The molecule has 2 aliphatic carbocycles. The molecule has 0 aromatic carbocycles. The number of thiocarbonyl (C=S) groups is 1. The van der Waals surface area contributed by atoms with E-state index in [9.17, 15) is 0 Å². The van der Waals surface area contributed by atoms with Crippen molar-refractivity contribution in [2.75, 3.05) is 0 Å². The zero-order valence-electron chi connectivity index (χ0n) is 13.0. The molecule has 116 valence electrons. The Bertz CT molecular complexity index is 612. The van der Waals surface area contributed by atoms with Crippen molar-refractivity contribution in [2.45, 2.75) is 38.8 Å². The fraction of sp³-hybridized carbons (Fsp3) is 0.412. The van der Waals surface area contributed by atoms with Crippen LogP contribution in [0.4, 0.5) is 0 Å². The summed E-state index contributed by atoms with van der Waals surface area (Å²) in [4.78, 5) is 4.65. The van der Waals surface area contributed by atoms with Crippen LogP contribution in [0.15, 0.2) is 52.8 Å². The van der Waals surface area contributed by atoms with E-state index in [0.29, 0.717) is 11.0 Å². The summed E-state index contributed by atoms with van der Waals surface area (Å²) >= 11 is 5.44. The van der Waals surface area contributed by atoms with Gasteiger partial charge in [0.05, 0.1) is 12.1 Å². The molecule has 3 aliphatic rings. The van der Waals surface area contributed by atoms with Gasteiger partial charge in [-0.05, 0) is 30.6 Å². The van der Waals surface area contributed by atoms with Crippen molar-refractivity contribution in [3.05, 3.63) is 47.9 Å². The molecule has 3 atom stereocenters. The minimum absolute atomic E-state index is 0.245. The average Bonchev–Trinajstić information content (AvgIpc) is 2.92. The molecular weight excluding hydrogens is 292 g/mol. The standard InChI is InChI=1S/C17H22N4S/c1-3-16-19-14-9-8-12(10-15(14)20-16)18-17(22)21-13-7-5-4-6-11(13)2/h4-8,10-11,13-14H,3,9H2,1-2H3,(H,19,20)(H2,18,21,22). The van der Waals surface area contributed by atoms with E-state index < -0.39 is 0 Å². The fourth-order valence-corrected chi connectivity index (χ4v) is 3.05. The van der Waals surface area contributed by atoms with Gasteiger partial charge in [0.15, 0.2) is 5.11 Å². The molecule has 1 heterocycles. The van der Waals surface area contributed by atoms with Crippen LogP contribution in [-0.4, -0.2) is 23.0 Å². The van der Waals surface area contributed by atoms with Gasteiger partial charge in [-0.3, -0.25) is 4.99 Å². The molecule has 3 rings (SSSR count). The third-order valence-electron chi connectivity index (χ3n) is 4.13. The SMILES string of the molecule is CCC1=NC2CC=C(NC(=S)NC3C=CC=CC3C)C=C2N1. The molecule has 0 aromatic rings. The van der Waals surface area contributed by atoms with Crippen molar-refractivity contribution in [2.24, 2.45) is 10.9 Å². The molecule has 0 fully saturated rings. The molecule has 0 amide bonds. The number of fused-ring (bicyclic) bond motifs is 1. The first-order valence-electron chi connectivity index (χ1n) is 7.83. The summed E-state index contributed by atoms with van der Waals surface area (Å²) in [5.41, 5.74) is 2.20. The van der Waals surface area contributed by atoms with Crippen LogP contribution in [-0.2, 0) is 0 Å². The van der Waals surface area contributed by atoms with Crippen LogP contribution < -0.4 is 16.0 Å². The number of nitrogens with one attached hydrogen (secondary N) is 3. The highest BCUT2D eigenvalue weighted by molar-refractivity contribution is 7.80. The number of rotatable bonds is 3. The molecule has 3 unspecified atom stereocenters. The minimum Gasteiger partial charge on any atom is -0.356 e. The van der Waals surface area contributed by atoms with Gasteiger partial charge in [0.2, 0.25) is 0 Å². The third kappa shape index (κ3) is 3.30. The second-order valence-corrected chi connectivity index (χ2v) is 6.23. The minimum atomic E-state index is 0.245. The van der Waals surface area contributed by atoms with Crippen molar-refractivity contribution < 1.29 is 0 Å². The van der Waals surface area contributed by atoms with Crippen molar-refractivity contribution in [3.63, 3.8) is 0 Å². The van der Waals surface area contributed by atoms with E-state index in [1.807, 2.05) is 0 Å². The van der Waals surface area contributed by atoms with Crippen molar-refractivity contribution >= 4 is 23.2 Å². The van der Waals surface area contributed by atoms with E-state index in [1.54, 1.807) is 0 Å². The highest BCUT2D eigenvalue weighted by atomic mass is 32.1. The van der Waals surface area contributed by atoms with Crippen LogP contribution in [0.2, 0.25) is 0 Å². The number of amidine groups is 1. The summed E-state index contributed by atoms with van der Waals surface area (Å²) in [6.45, 7) is 4.29. The summed E-state index contributed by atoms with van der Waals surface area (Å²) < 4.78 is 0. The number of allylic oxidation sites excluding steroid dienone is 3. The lowest BCUT2D eigenvalue weighted by atomic mass is 9.97. The van der Waals surface area contributed by atoms with Crippen molar-refractivity contribution in [1.82, 2.24) is 16.0 Å². The normalized spacial score (nSPS) is 29.0. The van der Waals surface area contributed by atoms with Crippen LogP contribution in [0.25, 0.3) is 0 Å². The molecule has 22 heavy (non-hydrogen) atoms. The smallest absolute Gasteiger partial charge is 0.171 e. The van der Waals surface area contributed by atoms with Gasteiger partial charge in [0, 0.05) is 17.8 Å². The Hall–Kier alpha value is -1.88. The maximum Gasteiger partial charge on any atom is 0.171 e. The van der Waals surface area contributed by atoms with Crippen molar-refractivity contribution in [3.8, 4) is 0 Å². The summed E-state index contributed by atoms with van der Waals surface area (Å²) in [5, 5.41) is 10.7. The Morgan fingerprint density at radius 3 is 3.00 bits per heavy atom. The second kappa shape index (κ2) is 6.48. The molecule has 0 aromatic heterocycles. The first-order valence-corrected chi connectivity index (χ1v) is 8.24. The van der Waals surface area contributed by atoms with Gasteiger partial charge in [0.1, 0.15) is 5.84 Å². The second-order valence-electron chi connectivity index (χ2n) is 5.82. The molecule has 0 saturated heterocycles. The predicted octanol–water partition coefficient (Wildman–Crippen LogP) is 2.53. The van der Waals surface area contributed by atoms with Gasteiger partial charge in [-0.25, -0.2) is 0 Å². The van der Waals surface area contributed by atoms with E-state index in [-0.39, 0.29) is 12.1 Å². The van der Waals surface area contributed by atoms with E-state index in [1.165, 1.54) is 5.70 Å². The first-order chi connectivity index (χ1) is 10.7. The number of hydrogen-bond acceptors (Lipinski definition) is 3. The first kappa shape index (κ1) is 15.0. The number of aliphatic imine (C=N–C) groups is 1. The maximum atomic E-state index is 5.44. The largest absolute Gasteiger partial charge is 0.356 e. The summed E-state index contributed by atoms with van der Waals surface area (Å²) in [6, 6.07) is 0.502. The fourth-order valence-electron chi connectivity index (χ4n) is 2.80. The molecule has 3 N–H and O–H groups in total. The van der Waals surface area contributed by atoms with Gasteiger partial charge >= 0.3 is 0 Å². The summed E-state index contributed by atoms with van der Waals surface area (Å²) in [6.07, 6.45) is 14.6. The molecule has 4 nitrogen and oxygen atoms in total. The highest BCUT2D eigenvalue weighted by Gasteiger charge is 2.24. The Kier molecular flexibility index (Phi) is 4.43. The Balaban J connectivity index is 1.56. The lowest BCUT2D eigenvalue weighted by Crippen LogP contribution is -2.43. The third-order valence-corrected chi connectivity index (χ3v) is 4.35. The van der Waals surface area contributed by atoms with Gasteiger partial charge in [-0.2, -0.15) is 0 Å². The van der Waals surface area contributed by atoms with Gasteiger partial charge < -0.3 is 16.0 Å². The average molecular weight is 314 g/mol. The van der Waals surface area contributed by atoms with E-state index in [0.717, 1.165) is 24.4 Å². The van der Waals surface area contributed by atoms with Crippen LogP contribution >= 0.6 is 12.2 Å². The molecular formula is C17H22N4S. The van der Waals surface area contributed by atoms with Crippen LogP contribution in [0.3, 0.4) is 0 Å². The van der Waals surface area contributed by atoms with Crippen molar-refractivity contribution in [1.29, 1.82) is 0 Å². The summed E-state index contributed by atoms with van der Waals surface area (Å²) in [5.74, 6) is 1.50. The Labute approximate surface area is 137 Å².